The first kappa shape index (κ1) is 16.9. The molecule has 0 bridgehead atoms. The molecule has 0 saturated heterocycles. The van der Waals surface area contributed by atoms with Gasteiger partial charge in [0.05, 0.1) is 0 Å². The van der Waals surface area contributed by atoms with E-state index in [2.05, 4.69) is 4.74 Å². The number of carbonyl (C=O) groups is 5. The number of ether oxygens (including phenoxy) is 2. The Balaban J connectivity index is 5.23. The molecular weight excluding hydrogens is 256 g/mol. The van der Waals surface area contributed by atoms with E-state index in [0.717, 1.165) is 20.8 Å². The minimum absolute atomic E-state index is 0.196. The van der Waals surface area contributed by atoms with Crippen LogP contribution in [0.3, 0.4) is 0 Å². The molecule has 0 saturated carbocycles. The van der Waals surface area contributed by atoms with Crippen LogP contribution >= 0.6 is 0 Å². The predicted molar refractivity (Wildman–Crippen MR) is 61.9 cm³/mol. The predicted octanol–water partition coefficient (Wildman–Crippen LogP) is 0.336. The normalized spacial score (nSPS) is 13.1. The molecule has 0 spiro atoms. The van der Waals surface area contributed by atoms with Gasteiger partial charge in [0, 0.05) is 13.3 Å². The summed E-state index contributed by atoms with van der Waals surface area (Å²) in [5.74, 6) is -4.46. The molecule has 0 heterocycles. The summed E-state index contributed by atoms with van der Waals surface area (Å²) in [5.41, 5.74) is -2.18. The number of hydrogen-bond donors (Lipinski definition) is 0. The summed E-state index contributed by atoms with van der Waals surface area (Å²) < 4.78 is 9.10. The second kappa shape index (κ2) is 6.77. The molecule has 0 amide bonds. The molecule has 1 unspecified atom stereocenters. The first-order valence-electron chi connectivity index (χ1n) is 5.60. The van der Waals surface area contributed by atoms with Crippen LogP contribution < -0.4 is 0 Å². The lowest BCUT2D eigenvalue weighted by Gasteiger charge is -2.26. The molecule has 0 aliphatic rings. The molecule has 0 N–H and O–H groups in total. The number of Topliss-reactive ketones (excluding diaryl/α,β-unsaturated/α-hetero) is 2. The van der Waals surface area contributed by atoms with Crippen LogP contribution in [0.15, 0.2) is 0 Å². The molecule has 0 aromatic heterocycles. The van der Waals surface area contributed by atoms with Crippen LogP contribution in [-0.4, -0.2) is 35.1 Å². The number of rotatable bonds is 6. The summed E-state index contributed by atoms with van der Waals surface area (Å²) in [6.45, 7) is 4.60. The van der Waals surface area contributed by atoms with E-state index < -0.39 is 41.5 Å². The van der Waals surface area contributed by atoms with Crippen molar-refractivity contribution in [3.05, 3.63) is 0 Å². The Morgan fingerprint density at radius 3 is 1.84 bits per heavy atom. The molecule has 0 radical (unpaired) electrons. The van der Waals surface area contributed by atoms with Crippen molar-refractivity contribution >= 4 is 29.5 Å². The monoisotopic (exact) mass is 272 g/mol. The lowest BCUT2D eigenvalue weighted by atomic mass is 9.95. The van der Waals surface area contributed by atoms with Gasteiger partial charge in [-0.25, -0.2) is 4.79 Å². The van der Waals surface area contributed by atoms with Gasteiger partial charge >= 0.3 is 17.9 Å². The molecule has 0 aromatic carbocycles. The second-order valence-electron chi connectivity index (χ2n) is 3.97. The van der Waals surface area contributed by atoms with Crippen LogP contribution in [0.5, 0.6) is 0 Å². The van der Waals surface area contributed by atoms with Crippen molar-refractivity contribution in [2.75, 3.05) is 0 Å². The van der Waals surface area contributed by atoms with Crippen molar-refractivity contribution in [1.29, 1.82) is 0 Å². The highest BCUT2D eigenvalue weighted by molar-refractivity contribution is 6.10. The third kappa shape index (κ3) is 4.61. The molecular formula is C12H16O7. The number of hydrogen-bond acceptors (Lipinski definition) is 7. The number of carbonyl (C=O) groups excluding carboxylic acids is 5. The molecule has 0 fully saturated rings. The maximum Gasteiger partial charge on any atom is 0.366 e. The van der Waals surface area contributed by atoms with Crippen LogP contribution in [0.2, 0.25) is 0 Å². The molecule has 1 atom stereocenters. The lowest BCUT2D eigenvalue weighted by molar-refractivity contribution is -0.188. The van der Waals surface area contributed by atoms with E-state index in [4.69, 9.17) is 4.74 Å². The average Bonchev–Trinajstić information content (AvgIpc) is 2.23. The number of esters is 3. The summed E-state index contributed by atoms with van der Waals surface area (Å²) in [6, 6.07) is 0. The summed E-state index contributed by atoms with van der Waals surface area (Å²) >= 11 is 0. The minimum Gasteiger partial charge on any atom is -0.438 e. The van der Waals surface area contributed by atoms with Crippen LogP contribution in [0.4, 0.5) is 0 Å². The molecule has 0 aliphatic heterocycles. The van der Waals surface area contributed by atoms with E-state index in [0.29, 0.717) is 0 Å². The first-order chi connectivity index (χ1) is 8.65. The Labute approximate surface area is 110 Å². The average molecular weight is 272 g/mol. The van der Waals surface area contributed by atoms with Gasteiger partial charge in [-0.2, -0.15) is 0 Å². The fourth-order valence-corrected chi connectivity index (χ4v) is 1.37. The molecule has 0 aliphatic carbocycles. The van der Waals surface area contributed by atoms with Crippen LogP contribution in [-0.2, 0) is 33.4 Å². The number of ketones is 2. The maximum absolute atomic E-state index is 11.7. The molecule has 19 heavy (non-hydrogen) atoms. The minimum atomic E-state index is -2.18. The highest BCUT2D eigenvalue weighted by atomic mass is 16.6. The molecule has 106 valence electrons. The van der Waals surface area contributed by atoms with Crippen molar-refractivity contribution in [1.82, 2.24) is 0 Å². The maximum atomic E-state index is 11.7. The second-order valence-corrected chi connectivity index (χ2v) is 3.97. The summed E-state index contributed by atoms with van der Waals surface area (Å²) in [7, 11) is 0. The third-order valence-electron chi connectivity index (χ3n) is 2.31. The standard InChI is InChI=1S/C12H16O7/c1-5-12(8(3)14,11(17)18-9(4)15)19-10(16)6-7(2)13/h5-6H2,1-4H3. The van der Waals surface area contributed by atoms with Gasteiger partial charge in [-0.3, -0.25) is 19.2 Å². The smallest absolute Gasteiger partial charge is 0.366 e. The van der Waals surface area contributed by atoms with Crippen molar-refractivity contribution in [2.45, 2.75) is 46.1 Å². The van der Waals surface area contributed by atoms with Crippen LogP contribution in [0, 0.1) is 0 Å². The van der Waals surface area contributed by atoms with Gasteiger partial charge in [-0.15, -0.1) is 0 Å². The largest absolute Gasteiger partial charge is 0.438 e. The SMILES string of the molecule is CCC(OC(=O)CC(C)=O)(C(C)=O)C(=O)OC(C)=O. The Hall–Kier alpha value is -2.05. The van der Waals surface area contributed by atoms with Gasteiger partial charge < -0.3 is 9.47 Å². The fraction of sp³-hybridized carbons (Fsp3) is 0.583. The van der Waals surface area contributed by atoms with E-state index in [1.807, 2.05) is 0 Å². The molecule has 0 rings (SSSR count). The Morgan fingerprint density at radius 1 is 1.00 bits per heavy atom. The van der Waals surface area contributed by atoms with Gasteiger partial charge in [0.15, 0.2) is 5.78 Å². The Kier molecular flexibility index (Phi) is 6.04. The molecule has 0 aromatic rings. The topological polar surface area (TPSA) is 104 Å². The first-order valence-corrected chi connectivity index (χ1v) is 5.60. The highest BCUT2D eigenvalue weighted by Crippen LogP contribution is 2.21. The zero-order valence-corrected chi connectivity index (χ0v) is 11.3. The summed E-state index contributed by atoms with van der Waals surface area (Å²) in [4.78, 5) is 56.3. The van der Waals surface area contributed by atoms with E-state index in [-0.39, 0.29) is 6.42 Å². The van der Waals surface area contributed by atoms with Crippen molar-refractivity contribution in [3.8, 4) is 0 Å². The van der Waals surface area contributed by atoms with E-state index in [1.54, 1.807) is 0 Å². The third-order valence-corrected chi connectivity index (χ3v) is 2.31. The van der Waals surface area contributed by atoms with Crippen molar-refractivity contribution in [2.24, 2.45) is 0 Å². The Bertz CT molecular complexity index is 424. The molecule has 7 heteroatoms. The Morgan fingerprint density at radius 2 is 1.53 bits per heavy atom. The van der Waals surface area contributed by atoms with E-state index in [1.165, 1.54) is 6.92 Å². The van der Waals surface area contributed by atoms with Gasteiger partial charge in [-0.05, 0) is 13.8 Å². The quantitative estimate of drug-likeness (QED) is 0.507. The van der Waals surface area contributed by atoms with E-state index in [9.17, 15) is 24.0 Å². The van der Waals surface area contributed by atoms with Crippen LogP contribution in [0.1, 0.15) is 40.5 Å². The summed E-state index contributed by atoms with van der Waals surface area (Å²) in [5, 5.41) is 0. The lowest BCUT2D eigenvalue weighted by Crippen LogP contribution is -2.50. The summed E-state index contributed by atoms with van der Waals surface area (Å²) in [6.07, 6.45) is -0.763. The zero-order chi connectivity index (χ0) is 15.2. The fourth-order valence-electron chi connectivity index (χ4n) is 1.37. The van der Waals surface area contributed by atoms with Gasteiger partial charge in [0.2, 0.25) is 0 Å². The van der Waals surface area contributed by atoms with Crippen LogP contribution in [0.25, 0.3) is 0 Å². The van der Waals surface area contributed by atoms with Crippen molar-refractivity contribution < 1.29 is 33.4 Å². The van der Waals surface area contributed by atoms with E-state index >= 15 is 0 Å². The zero-order valence-electron chi connectivity index (χ0n) is 11.3. The van der Waals surface area contributed by atoms with Gasteiger partial charge in [-0.1, -0.05) is 6.92 Å². The van der Waals surface area contributed by atoms with Gasteiger partial charge in [0.25, 0.3) is 5.60 Å². The van der Waals surface area contributed by atoms with Crippen molar-refractivity contribution in [3.63, 3.8) is 0 Å². The molecule has 7 nitrogen and oxygen atoms in total. The van der Waals surface area contributed by atoms with Gasteiger partial charge in [0.1, 0.15) is 12.2 Å². The highest BCUT2D eigenvalue weighted by Gasteiger charge is 2.48.